The Morgan fingerprint density at radius 3 is 2.53 bits per heavy atom. The molecule has 30 heavy (non-hydrogen) atoms. The summed E-state index contributed by atoms with van der Waals surface area (Å²) >= 11 is 0. The van der Waals surface area contributed by atoms with Crippen LogP contribution in [0, 0.1) is 12.8 Å². The molecule has 0 amide bonds. The van der Waals surface area contributed by atoms with Crippen LogP contribution in [0.1, 0.15) is 36.1 Å². The molecule has 2 saturated heterocycles. The molecule has 162 valence electrons. The Bertz CT molecular complexity index is 897. The van der Waals surface area contributed by atoms with Crippen LogP contribution in [-0.4, -0.2) is 52.9 Å². The molecule has 2 aliphatic rings. The van der Waals surface area contributed by atoms with E-state index in [2.05, 4.69) is 0 Å². The minimum atomic E-state index is -1.49. The maximum Gasteiger partial charge on any atom is 0.225 e. The summed E-state index contributed by atoms with van der Waals surface area (Å²) in [5, 5.41) is 31.5. The van der Waals surface area contributed by atoms with Crippen molar-refractivity contribution in [3.8, 4) is 5.75 Å². The van der Waals surface area contributed by atoms with Crippen LogP contribution < -0.4 is 4.74 Å². The van der Waals surface area contributed by atoms with Crippen molar-refractivity contribution < 1.29 is 29.5 Å². The lowest BCUT2D eigenvalue weighted by Crippen LogP contribution is -2.61. The van der Waals surface area contributed by atoms with Gasteiger partial charge in [0.15, 0.2) is 0 Å². The molecule has 0 aromatic heterocycles. The fourth-order valence-electron chi connectivity index (χ4n) is 4.47. The summed E-state index contributed by atoms with van der Waals surface area (Å²) in [6.45, 7) is 6.21. The number of fused-ring (bicyclic) bond motifs is 2. The topological polar surface area (TPSA) is 88.4 Å². The second-order valence-electron chi connectivity index (χ2n) is 8.40. The van der Waals surface area contributed by atoms with E-state index in [1.54, 1.807) is 6.92 Å². The van der Waals surface area contributed by atoms with E-state index in [0.717, 1.165) is 22.4 Å². The average molecular weight is 414 g/mol. The zero-order chi connectivity index (χ0) is 21.5. The molecule has 5 atom stereocenters. The molecular weight excluding hydrogens is 384 g/mol. The van der Waals surface area contributed by atoms with Gasteiger partial charge in [0.1, 0.15) is 17.5 Å². The first-order valence-electron chi connectivity index (χ1n) is 10.5. The molecule has 0 aliphatic carbocycles. The van der Waals surface area contributed by atoms with E-state index < -0.39 is 29.5 Å². The predicted molar refractivity (Wildman–Crippen MR) is 111 cm³/mol. The first-order valence-corrected chi connectivity index (χ1v) is 10.5. The summed E-state index contributed by atoms with van der Waals surface area (Å²) in [4.78, 5) is 0. The third-order valence-electron chi connectivity index (χ3n) is 6.59. The predicted octanol–water partition coefficient (Wildman–Crippen LogP) is 2.29. The normalized spacial score (nSPS) is 32.9. The van der Waals surface area contributed by atoms with Gasteiger partial charge in [-0.1, -0.05) is 31.2 Å². The van der Waals surface area contributed by atoms with Crippen molar-refractivity contribution in [1.29, 1.82) is 0 Å². The summed E-state index contributed by atoms with van der Waals surface area (Å²) in [5.41, 5.74) is 2.92. The van der Waals surface area contributed by atoms with E-state index in [0.29, 0.717) is 18.6 Å². The Morgan fingerprint density at radius 2 is 1.87 bits per heavy atom. The maximum atomic E-state index is 10.9. The van der Waals surface area contributed by atoms with Crippen LogP contribution in [0.2, 0.25) is 0 Å². The van der Waals surface area contributed by atoms with Gasteiger partial charge in [0, 0.05) is 11.5 Å². The molecule has 0 unspecified atom stereocenters. The first-order chi connectivity index (χ1) is 14.3. The van der Waals surface area contributed by atoms with E-state index in [4.69, 9.17) is 14.2 Å². The van der Waals surface area contributed by atoms with Crippen molar-refractivity contribution in [2.24, 2.45) is 5.92 Å². The minimum Gasteiger partial charge on any atom is -0.494 e. The second-order valence-corrected chi connectivity index (χ2v) is 8.40. The van der Waals surface area contributed by atoms with E-state index in [1.807, 2.05) is 56.3 Å². The highest BCUT2D eigenvalue weighted by atomic mass is 16.8. The van der Waals surface area contributed by atoms with Gasteiger partial charge in [-0.25, -0.2) is 0 Å². The van der Waals surface area contributed by atoms with Crippen LogP contribution in [0.15, 0.2) is 42.5 Å². The fraction of sp³-hybridized carbons (Fsp3) is 0.500. The van der Waals surface area contributed by atoms with Gasteiger partial charge in [0.2, 0.25) is 5.79 Å². The van der Waals surface area contributed by atoms with E-state index in [9.17, 15) is 15.3 Å². The molecule has 0 spiro atoms. The molecule has 2 bridgehead atoms. The molecular formula is C24H30O6. The SMILES string of the molecule is CCOc1ccc(Cc2cc([C@]34OC[C@](CO)(O3)[C@@H](C)[C@H](O)[C@H]4O)ccc2C)cc1. The zero-order valence-corrected chi connectivity index (χ0v) is 17.7. The number of hydrogen-bond acceptors (Lipinski definition) is 6. The van der Waals surface area contributed by atoms with Crippen LogP contribution in [0.25, 0.3) is 0 Å². The van der Waals surface area contributed by atoms with Crippen molar-refractivity contribution >= 4 is 0 Å². The highest BCUT2D eigenvalue weighted by Gasteiger charge is 2.65. The first kappa shape index (κ1) is 21.3. The quantitative estimate of drug-likeness (QED) is 0.672. The molecule has 3 N–H and O–H groups in total. The highest BCUT2D eigenvalue weighted by molar-refractivity contribution is 5.39. The van der Waals surface area contributed by atoms with Crippen molar-refractivity contribution in [3.63, 3.8) is 0 Å². The summed E-state index contributed by atoms with van der Waals surface area (Å²) in [7, 11) is 0. The Kier molecular flexibility index (Phi) is 5.64. The molecule has 6 heteroatoms. The van der Waals surface area contributed by atoms with Gasteiger partial charge in [0.05, 0.1) is 25.9 Å². The molecule has 4 rings (SSSR count). The molecule has 2 aromatic rings. The van der Waals surface area contributed by atoms with Gasteiger partial charge >= 0.3 is 0 Å². The number of hydrogen-bond donors (Lipinski definition) is 3. The maximum absolute atomic E-state index is 10.9. The van der Waals surface area contributed by atoms with E-state index >= 15 is 0 Å². The minimum absolute atomic E-state index is 0.112. The van der Waals surface area contributed by atoms with Crippen LogP contribution >= 0.6 is 0 Å². The van der Waals surface area contributed by atoms with Crippen LogP contribution in [0.3, 0.4) is 0 Å². The van der Waals surface area contributed by atoms with Gasteiger partial charge < -0.3 is 29.5 Å². The lowest BCUT2D eigenvalue weighted by Gasteiger charge is -2.47. The lowest BCUT2D eigenvalue weighted by atomic mass is 9.78. The summed E-state index contributed by atoms with van der Waals surface area (Å²) in [6.07, 6.45) is -1.62. The molecule has 2 heterocycles. The van der Waals surface area contributed by atoms with Crippen molar-refractivity contribution in [2.45, 2.75) is 50.8 Å². The number of ether oxygens (including phenoxy) is 3. The molecule has 0 radical (unpaired) electrons. The Labute approximate surface area is 177 Å². The van der Waals surface area contributed by atoms with Gasteiger partial charge in [-0.3, -0.25) is 0 Å². The van der Waals surface area contributed by atoms with Gasteiger partial charge in [0.25, 0.3) is 0 Å². The summed E-state index contributed by atoms with van der Waals surface area (Å²) in [5.74, 6) is -1.11. The van der Waals surface area contributed by atoms with Crippen molar-refractivity contribution in [1.82, 2.24) is 0 Å². The molecule has 2 aromatic carbocycles. The largest absolute Gasteiger partial charge is 0.494 e. The average Bonchev–Trinajstić information content (AvgIpc) is 3.14. The number of rotatable bonds is 6. The number of benzene rings is 2. The number of aliphatic hydroxyl groups is 3. The molecule has 6 nitrogen and oxygen atoms in total. The zero-order valence-electron chi connectivity index (χ0n) is 17.7. The van der Waals surface area contributed by atoms with Gasteiger partial charge in [-0.15, -0.1) is 0 Å². The third-order valence-corrected chi connectivity index (χ3v) is 6.59. The second kappa shape index (κ2) is 7.94. The number of aryl methyl sites for hydroxylation is 1. The van der Waals surface area contributed by atoms with Gasteiger partial charge in [-0.2, -0.15) is 0 Å². The lowest BCUT2D eigenvalue weighted by molar-refractivity contribution is -0.318. The van der Waals surface area contributed by atoms with Gasteiger partial charge in [-0.05, 0) is 55.2 Å². The van der Waals surface area contributed by atoms with E-state index in [1.165, 1.54) is 0 Å². The Hall–Kier alpha value is -1.96. The van der Waals surface area contributed by atoms with Crippen LogP contribution in [0.5, 0.6) is 5.75 Å². The third kappa shape index (κ3) is 3.33. The van der Waals surface area contributed by atoms with E-state index in [-0.39, 0.29) is 13.2 Å². The smallest absolute Gasteiger partial charge is 0.225 e. The standard InChI is InChI=1S/C24H30O6/c1-4-28-20-9-6-17(7-10-20)11-18-12-19(8-5-15(18)2)24-22(27)21(26)16(3)23(13-25,30-24)14-29-24/h5-10,12,16,21-22,25-27H,4,11,13-14H2,1-3H3/t16-,21-,22+,23-,24-/m0/s1. The summed E-state index contributed by atoms with van der Waals surface area (Å²) < 4.78 is 17.7. The molecule has 0 saturated carbocycles. The Balaban J connectivity index is 1.66. The fourth-order valence-corrected chi connectivity index (χ4v) is 4.47. The van der Waals surface area contributed by atoms with Crippen LogP contribution in [0.4, 0.5) is 0 Å². The number of aliphatic hydroxyl groups excluding tert-OH is 3. The monoisotopic (exact) mass is 414 g/mol. The van der Waals surface area contributed by atoms with Crippen LogP contribution in [-0.2, 0) is 21.7 Å². The van der Waals surface area contributed by atoms with Crippen molar-refractivity contribution in [3.05, 3.63) is 64.7 Å². The molecule has 2 fully saturated rings. The summed E-state index contributed by atoms with van der Waals surface area (Å²) in [6, 6.07) is 13.8. The van der Waals surface area contributed by atoms with Crippen molar-refractivity contribution in [2.75, 3.05) is 19.8 Å². The highest BCUT2D eigenvalue weighted by Crippen LogP contribution is 2.51. The Morgan fingerprint density at radius 1 is 1.13 bits per heavy atom. The molecule has 2 aliphatic heterocycles.